The van der Waals surface area contributed by atoms with Crippen LogP contribution in [0, 0.1) is 18.6 Å². The molecule has 1 unspecified atom stereocenters. The SMILES string of the molecule is Cc1cc(F)ccc1C(N)Cc1cc(F)ccc1Cl. The third kappa shape index (κ3) is 3.31. The summed E-state index contributed by atoms with van der Waals surface area (Å²) in [5, 5.41) is 0.483. The molecule has 19 heavy (non-hydrogen) atoms. The fourth-order valence-corrected chi connectivity index (χ4v) is 2.30. The average molecular weight is 282 g/mol. The molecule has 0 saturated carbocycles. The molecule has 1 atom stereocenters. The van der Waals surface area contributed by atoms with Gasteiger partial charge in [0.05, 0.1) is 0 Å². The second-order valence-electron chi connectivity index (χ2n) is 4.55. The lowest BCUT2D eigenvalue weighted by molar-refractivity contribution is 0.618. The zero-order valence-electron chi connectivity index (χ0n) is 10.5. The van der Waals surface area contributed by atoms with Crippen molar-refractivity contribution in [1.29, 1.82) is 0 Å². The molecule has 0 aliphatic carbocycles. The molecule has 0 bridgehead atoms. The van der Waals surface area contributed by atoms with E-state index in [9.17, 15) is 8.78 Å². The van der Waals surface area contributed by atoms with E-state index in [1.165, 1.54) is 30.3 Å². The molecule has 2 N–H and O–H groups in total. The van der Waals surface area contributed by atoms with Crippen molar-refractivity contribution in [3.05, 3.63) is 69.7 Å². The van der Waals surface area contributed by atoms with E-state index in [0.29, 0.717) is 17.0 Å². The number of benzene rings is 2. The van der Waals surface area contributed by atoms with Gasteiger partial charge >= 0.3 is 0 Å². The molecule has 0 aromatic heterocycles. The monoisotopic (exact) mass is 281 g/mol. The van der Waals surface area contributed by atoms with Crippen LogP contribution in [0.4, 0.5) is 8.78 Å². The molecule has 0 heterocycles. The molecular formula is C15H14ClF2N. The quantitative estimate of drug-likeness (QED) is 0.898. The summed E-state index contributed by atoms with van der Waals surface area (Å²) < 4.78 is 26.2. The number of halogens is 3. The standard InChI is InChI=1S/C15H14ClF2N/c1-9-6-11(17)2-4-13(9)15(19)8-10-7-12(18)3-5-14(10)16/h2-7,15H,8,19H2,1H3. The van der Waals surface area contributed by atoms with Crippen LogP contribution >= 0.6 is 11.6 Å². The van der Waals surface area contributed by atoms with E-state index in [1.807, 2.05) is 0 Å². The van der Waals surface area contributed by atoms with Gasteiger partial charge in [0.1, 0.15) is 11.6 Å². The van der Waals surface area contributed by atoms with Crippen LogP contribution in [0.2, 0.25) is 5.02 Å². The first-order valence-electron chi connectivity index (χ1n) is 5.93. The Balaban J connectivity index is 2.25. The summed E-state index contributed by atoms with van der Waals surface area (Å²) in [7, 11) is 0. The first-order chi connectivity index (χ1) is 8.97. The number of nitrogens with two attached hydrogens (primary N) is 1. The van der Waals surface area contributed by atoms with Crippen LogP contribution in [-0.2, 0) is 6.42 Å². The van der Waals surface area contributed by atoms with Gasteiger partial charge in [-0.3, -0.25) is 0 Å². The van der Waals surface area contributed by atoms with E-state index in [0.717, 1.165) is 11.1 Å². The predicted molar refractivity (Wildman–Crippen MR) is 73.2 cm³/mol. The molecule has 1 nitrogen and oxygen atoms in total. The molecule has 0 saturated heterocycles. The van der Waals surface area contributed by atoms with Crippen molar-refractivity contribution >= 4 is 11.6 Å². The van der Waals surface area contributed by atoms with Crippen LogP contribution in [0.5, 0.6) is 0 Å². The summed E-state index contributed by atoms with van der Waals surface area (Å²) in [5.74, 6) is -0.639. The zero-order chi connectivity index (χ0) is 14.0. The number of aryl methyl sites for hydroxylation is 1. The first-order valence-corrected chi connectivity index (χ1v) is 6.30. The summed E-state index contributed by atoms with van der Waals surface area (Å²) in [5.41, 5.74) is 8.36. The molecule has 2 aromatic carbocycles. The predicted octanol–water partition coefficient (Wildman–Crippen LogP) is 4.17. The van der Waals surface area contributed by atoms with Gasteiger partial charge in [-0.1, -0.05) is 17.7 Å². The van der Waals surface area contributed by atoms with Crippen molar-refractivity contribution in [2.75, 3.05) is 0 Å². The minimum absolute atomic E-state index is 0.294. The Morgan fingerprint density at radius 2 is 1.74 bits per heavy atom. The van der Waals surface area contributed by atoms with E-state index in [2.05, 4.69) is 0 Å². The van der Waals surface area contributed by atoms with Crippen molar-refractivity contribution in [3.63, 3.8) is 0 Å². The van der Waals surface area contributed by atoms with Gasteiger partial charge in [-0.25, -0.2) is 8.78 Å². The topological polar surface area (TPSA) is 26.0 Å². The van der Waals surface area contributed by atoms with E-state index in [4.69, 9.17) is 17.3 Å². The van der Waals surface area contributed by atoms with E-state index in [-0.39, 0.29) is 17.7 Å². The largest absolute Gasteiger partial charge is 0.324 e. The lowest BCUT2D eigenvalue weighted by Crippen LogP contribution is -2.15. The first kappa shape index (κ1) is 14.0. The van der Waals surface area contributed by atoms with Crippen LogP contribution in [-0.4, -0.2) is 0 Å². The van der Waals surface area contributed by atoms with Crippen molar-refractivity contribution < 1.29 is 8.78 Å². The summed E-state index contributed by atoms with van der Waals surface area (Å²) >= 11 is 6.01. The second kappa shape index (κ2) is 5.68. The summed E-state index contributed by atoms with van der Waals surface area (Å²) in [4.78, 5) is 0. The molecular weight excluding hydrogens is 268 g/mol. The third-order valence-corrected chi connectivity index (χ3v) is 3.45. The van der Waals surface area contributed by atoms with Crippen LogP contribution in [0.15, 0.2) is 36.4 Å². The Hall–Kier alpha value is -1.45. The van der Waals surface area contributed by atoms with Crippen molar-refractivity contribution in [2.24, 2.45) is 5.73 Å². The van der Waals surface area contributed by atoms with Crippen LogP contribution in [0.3, 0.4) is 0 Å². The summed E-state index contributed by atoms with van der Waals surface area (Å²) in [6, 6.07) is 8.30. The van der Waals surface area contributed by atoms with Crippen molar-refractivity contribution in [2.45, 2.75) is 19.4 Å². The van der Waals surface area contributed by atoms with Gasteiger partial charge in [0, 0.05) is 11.1 Å². The van der Waals surface area contributed by atoms with Gasteiger partial charge in [-0.05, 0) is 60.4 Å². The fourth-order valence-electron chi connectivity index (χ4n) is 2.10. The van der Waals surface area contributed by atoms with E-state index >= 15 is 0 Å². The maximum atomic E-state index is 13.2. The van der Waals surface area contributed by atoms with Gasteiger partial charge in [0.15, 0.2) is 0 Å². The van der Waals surface area contributed by atoms with Crippen molar-refractivity contribution in [1.82, 2.24) is 0 Å². The Bertz CT molecular complexity index is 599. The lowest BCUT2D eigenvalue weighted by Gasteiger charge is -2.15. The number of hydrogen-bond donors (Lipinski definition) is 1. The molecule has 0 spiro atoms. The van der Waals surface area contributed by atoms with Crippen LogP contribution < -0.4 is 5.73 Å². The van der Waals surface area contributed by atoms with E-state index < -0.39 is 0 Å². The highest BCUT2D eigenvalue weighted by Gasteiger charge is 2.13. The molecule has 0 radical (unpaired) electrons. The fraction of sp³-hybridized carbons (Fsp3) is 0.200. The number of rotatable bonds is 3. The Kier molecular flexibility index (Phi) is 4.17. The Morgan fingerprint density at radius 3 is 2.42 bits per heavy atom. The van der Waals surface area contributed by atoms with Crippen molar-refractivity contribution in [3.8, 4) is 0 Å². The lowest BCUT2D eigenvalue weighted by atomic mass is 9.96. The van der Waals surface area contributed by atoms with Crippen LogP contribution in [0.1, 0.15) is 22.7 Å². The average Bonchev–Trinajstić information content (AvgIpc) is 2.33. The van der Waals surface area contributed by atoms with Gasteiger partial charge in [0.2, 0.25) is 0 Å². The second-order valence-corrected chi connectivity index (χ2v) is 4.95. The highest BCUT2D eigenvalue weighted by atomic mass is 35.5. The molecule has 0 aliphatic rings. The minimum atomic E-state index is -0.347. The number of hydrogen-bond acceptors (Lipinski definition) is 1. The van der Waals surface area contributed by atoms with Crippen LogP contribution in [0.25, 0.3) is 0 Å². The molecule has 0 fully saturated rings. The molecule has 2 rings (SSSR count). The van der Waals surface area contributed by atoms with Gasteiger partial charge in [-0.2, -0.15) is 0 Å². The van der Waals surface area contributed by atoms with Gasteiger partial charge < -0.3 is 5.73 Å². The maximum absolute atomic E-state index is 13.2. The Morgan fingerprint density at radius 1 is 1.11 bits per heavy atom. The highest BCUT2D eigenvalue weighted by Crippen LogP contribution is 2.25. The third-order valence-electron chi connectivity index (χ3n) is 3.08. The molecule has 2 aromatic rings. The molecule has 100 valence electrons. The summed E-state index contributed by atoms with van der Waals surface area (Å²) in [6.45, 7) is 1.80. The summed E-state index contributed by atoms with van der Waals surface area (Å²) in [6.07, 6.45) is 0.406. The van der Waals surface area contributed by atoms with Gasteiger partial charge in [0.25, 0.3) is 0 Å². The van der Waals surface area contributed by atoms with Gasteiger partial charge in [-0.15, -0.1) is 0 Å². The minimum Gasteiger partial charge on any atom is -0.324 e. The van der Waals surface area contributed by atoms with E-state index in [1.54, 1.807) is 13.0 Å². The Labute approximate surface area is 116 Å². The molecule has 4 heteroatoms. The molecule has 0 aliphatic heterocycles. The smallest absolute Gasteiger partial charge is 0.123 e. The zero-order valence-corrected chi connectivity index (χ0v) is 11.2. The maximum Gasteiger partial charge on any atom is 0.123 e. The normalized spacial score (nSPS) is 12.5. The molecule has 0 amide bonds. The highest BCUT2D eigenvalue weighted by molar-refractivity contribution is 6.31.